The second kappa shape index (κ2) is 3.14. The number of nitrogens with zero attached hydrogens (tertiary/aromatic N) is 4. The van der Waals surface area contributed by atoms with Gasteiger partial charge >= 0.3 is 0 Å². The zero-order chi connectivity index (χ0) is 9.97. The van der Waals surface area contributed by atoms with Crippen LogP contribution in [0.4, 0.5) is 0 Å². The molecule has 0 aliphatic carbocycles. The fraction of sp³-hybridized carbons (Fsp3) is 0. The first kappa shape index (κ1) is 8.19. The minimum absolute atomic E-state index is 0.241. The monoisotopic (exact) mass is 187 g/mol. The third-order valence-electron chi connectivity index (χ3n) is 1.65. The molecule has 0 fully saturated rings. The molecule has 14 heavy (non-hydrogen) atoms. The number of nitriles is 1. The molecule has 2 heterocycles. The van der Waals surface area contributed by atoms with Crippen LogP contribution in [0.2, 0.25) is 0 Å². The minimum Gasteiger partial charge on any atom is -0.297 e. The normalized spacial score (nSPS) is 9.64. The number of hydrogen-bond acceptors (Lipinski definition) is 4. The number of nitrogens with one attached hydrogen (secondary N) is 1. The molecule has 0 saturated heterocycles. The van der Waals surface area contributed by atoms with E-state index in [1.165, 1.54) is 29.2 Å². The summed E-state index contributed by atoms with van der Waals surface area (Å²) < 4.78 is 1.20. The van der Waals surface area contributed by atoms with Gasteiger partial charge in [0.05, 0.1) is 11.8 Å². The summed E-state index contributed by atoms with van der Waals surface area (Å²) in [7, 11) is 0. The number of hydrogen-bond donors (Lipinski definition) is 1. The van der Waals surface area contributed by atoms with Gasteiger partial charge in [0.15, 0.2) is 5.82 Å². The van der Waals surface area contributed by atoms with Gasteiger partial charge in [0.1, 0.15) is 6.07 Å². The smallest absolute Gasteiger partial charge is 0.272 e. The topological polar surface area (TPSA) is 87.4 Å². The van der Waals surface area contributed by atoms with E-state index in [4.69, 9.17) is 5.26 Å². The van der Waals surface area contributed by atoms with E-state index in [0.717, 1.165) is 0 Å². The molecule has 0 unspecified atom stereocenters. The predicted octanol–water partition coefficient (Wildman–Crippen LogP) is -0.173. The van der Waals surface area contributed by atoms with E-state index >= 15 is 0 Å². The third-order valence-corrected chi connectivity index (χ3v) is 1.65. The van der Waals surface area contributed by atoms with Crippen LogP contribution < -0.4 is 5.56 Å². The molecule has 1 N–H and O–H groups in total. The number of aromatic nitrogens is 4. The lowest BCUT2D eigenvalue weighted by Crippen LogP contribution is -2.15. The Morgan fingerprint density at radius 2 is 2.43 bits per heavy atom. The first-order valence-corrected chi connectivity index (χ1v) is 3.81. The molecule has 0 aliphatic heterocycles. The van der Waals surface area contributed by atoms with Gasteiger partial charge in [-0.25, -0.2) is 0 Å². The van der Waals surface area contributed by atoms with Crippen molar-refractivity contribution in [2.24, 2.45) is 0 Å². The summed E-state index contributed by atoms with van der Waals surface area (Å²) in [4.78, 5) is 11.2. The Hall–Kier alpha value is -2.42. The van der Waals surface area contributed by atoms with Gasteiger partial charge in [0, 0.05) is 18.3 Å². The lowest BCUT2D eigenvalue weighted by Gasteiger charge is -1.97. The van der Waals surface area contributed by atoms with Crippen molar-refractivity contribution >= 4 is 0 Å². The minimum atomic E-state index is -0.241. The zero-order valence-electron chi connectivity index (χ0n) is 7.01. The Balaban J connectivity index is 2.59. The molecule has 68 valence electrons. The quantitative estimate of drug-likeness (QED) is 0.671. The highest BCUT2D eigenvalue weighted by Gasteiger charge is 2.02. The number of H-pyrrole nitrogens is 1. The van der Waals surface area contributed by atoms with Gasteiger partial charge in [-0.2, -0.15) is 15.0 Å². The van der Waals surface area contributed by atoms with E-state index in [9.17, 15) is 4.79 Å². The van der Waals surface area contributed by atoms with Gasteiger partial charge < -0.3 is 0 Å². The molecular formula is C8H5N5O. The van der Waals surface area contributed by atoms with Gasteiger partial charge in [0.25, 0.3) is 5.56 Å². The Morgan fingerprint density at radius 3 is 3.07 bits per heavy atom. The maximum Gasteiger partial charge on any atom is 0.272 e. The van der Waals surface area contributed by atoms with Gasteiger partial charge in [-0.3, -0.25) is 9.89 Å². The molecule has 6 heteroatoms. The van der Waals surface area contributed by atoms with Crippen molar-refractivity contribution in [3.05, 3.63) is 40.4 Å². The second-order valence-corrected chi connectivity index (χ2v) is 2.55. The van der Waals surface area contributed by atoms with Gasteiger partial charge in [-0.15, -0.1) is 5.10 Å². The van der Waals surface area contributed by atoms with Gasteiger partial charge in [0.2, 0.25) is 0 Å². The van der Waals surface area contributed by atoms with Crippen LogP contribution in [-0.4, -0.2) is 20.0 Å². The molecule has 0 radical (unpaired) electrons. The van der Waals surface area contributed by atoms with Crippen LogP contribution in [0.1, 0.15) is 5.56 Å². The maximum absolute atomic E-state index is 11.2. The SMILES string of the molecule is N#Cc1cnnc(-n2[nH]ccc2=O)c1. The molecule has 0 saturated carbocycles. The molecule has 0 bridgehead atoms. The van der Waals surface area contributed by atoms with E-state index in [1.807, 2.05) is 6.07 Å². The van der Waals surface area contributed by atoms with Crippen molar-refractivity contribution in [1.82, 2.24) is 20.0 Å². The number of aromatic amines is 1. The molecule has 2 aromatic heterocycles. The van der Waals surface area contributed by atoms with E-state index < -0.39 is 0 Å². The predicted molar refractivity (Wildman–Crippen MR) is 46.7 cm³/mol. The van der Waals surface area contributed by atoms with Crippen LogP contribution >= 0.6 is 0 Å². The highest BCUT2D eigenvalue weighted by molar-refractivity contribution is 5.32. The summed E-state index contributed by atoms with van der Waals surface area (Å²) in [6, 6.07) is 4.76. The third kappa shape index (κ3) is 1.27. The fourth-order valence-electron chi connectivity index (χ4n) is 1.03. The lowest BCUT2D eigenvalue weighted by molar-refractivity contribution is 0.790. The van der Waals surface area contributed by atoms with Crippen LogP contribution in [-0.2, 0) is 0 Å². The highest BCUT2D eigenvalue weighted by atomic mass is 16.1. The van der Waals surface area contributed by atoms with Crippen molar-refractivity contribution in [3.8, 4) is 11.9 Å². The number of rotatable bonds is 1. The molecule has 0 atom stereocenters. The van der Waals surface area contributed by atoms with E-state index in [1.54, 1.807) is 0 Å². The first-order chi connectivity index (χ1) is 6.81. The standard InChI is InChI=1S/C8H5N5O/c9-4-6-3-7(12-10-5-6)13-8(14)1-2-11-13/h1-3,5,11H. The Labute approximate surface area is 78.4 Å². The molecule has 0 spiro atoms. The molecule has 0 amide bonds. The summed E-state index contributed by atoms with van der Waals surface area (Å²) in [5, 5.41) is 18.6. The summed E-state index contributed by atoms with van der Waals surface area (Å²) in [5.41, 5.74) is 0.117. The summed E-state index contributed by atoms with van der Waals surface area (Å²) in [6.07, 6.45) is 2.82. The van der Waals surface area contributed by atoms with Crippen LogP contribution in [0.5, 0.6) is 0 Å². The van der Waals surface area contributed by atoms with Crippen LogP contribution in [0.15, 0.2) is 29.3 Å². The summed E-state index contributed by atoms with van der Waals surface area (Å²) in [5.74, 6) is 0.305. The van der Waals surface area contributed by atoms with E-state index in [-0.39, 0.29) is 5.56 Å². The second-order valence-electron chi connectivity index (χ2n) is 2.55. The van der Waals surface area contributed by atoms with Crippen molar-refractivity contribution in [2.45, 2.75) is 0 Å². The largest absolute Gasteiger partial charge is 0.297 e. The molecule has 0 aliphatic rings. The van der Waals surface area contributed by atoms with Crippen LogP contribution in [0.3, 0.4) is 0 Å². The van der Waals surface area contributed by atoms with Crippen molar-refractivity contribution in [2.75, 3.05) is 0 Å². The fourth-order valence-corrected chi connectivity index (χ4v) is 1.03. The molecule has 2 aromatic rings. The molecular weight excluding hydrogens is 182 g/mol. The average Bonchev–Trinajstić information content (AvgIpc) is 2.65. The van der Waals surface area contributed by atoms with E-state index in [0.29, 0.717) is 11.4 Å². The van der Waals surface area contributed by atoms with Crippen LogP contribution in [0.25, 0.3) is 5.82 Å². The van der Waals surface area contributed by atoms with E-state index in [2.05, 4.69) is 15.3 Å². The average molecular weight is 187 g/mol. The maximum atomic E-state index is 11.2. The molecule has 2 rings (SSSR count). The molecule has 6 nitrogen and oxygen atoms in total. The first-order valence-electron chi connectivity index (χ1n) is 3.81. The zero-order valence-corrected chi connectivity index (χ0v) is 7.01. The Kier molecular flexibility index (Phi) is 1.84. The summed E-state index contributed by atoms with van der Waals surface area (Å²) in [6.45, 7) is 0. The summed E-state index contributed by atoms with van der Waals surface area (Å²) >= 11 is 0. The van der Waals surface area contributed by atoms with Crippen molar-refractivity contribution in [1.29, 1.82) is 5.26 Å². The van der Waals surface area contributed by atoms with Crippen LogP contribution in [0, 0.1) is 11.3 Å². The Bertz CT molecular complexity index is 547. The molecule has 0 aromatic carbocycles. The lowest BCUT2D eigenvalue weighted by atomic mass is 10.3. The van der Waals surface area contributed by atoms with Gasteiger partial charge in [-0.1, -0.05) is 0 Å². The van der Waals surface area contributed by atoms with Crippen molar-refractivity contribution < 1.29 is 0 Å². The Morgan fingerprint density at radius 1 is 1.57 bits per heavy atom. The van der Waals surface area contributed by atoms with Gasteiger partial charge in [-0.05, 0) is 0 Å². The van der Waals surface area contributed by atoms with Crippen molar-refractivity contribution in [3.63, 3.8) is 0 Å². The highest BCUT2D eigenvalue weighted by Crippen LogP contribution is 2.00.